The molecular weight excluding hydrogens is 257 g/mol. The average molecular weight is 262 g/mol. The van der Waals surface area contributed by atoms with Gasteiger partial charge in [-0.05, 0) is 17.8 Å². The number of rotatable bonds is 2. The van der Waals surface area contributed by atoms with Gasteiger partial charge in [-0.2, -0.15) is 13.2 Å². The zero-order valence-corrected chi connectivity index (χ0v) is 8.93. The predicted molar refractivity (Wildman–Crippen MR) is 56.9 cm³/mol. The van der Waals surface area contributed by atoms with E-state index in [1.807, 2.05) is 0 Å². The standard InChI is InChI=1S/C9H5F3N2O2S/c10-9(11,12)17-8-4-13-7-2-1-5(14(15)16)3-6(7)8/h1-4,13H. The Labute approximate surface area is 97.0 Å². The second-order valence-corrected chi connectivity index (χ2v) is 4.29. The van der Waals surface area contributed by atoms with Gasteiger partial charge in [0, 0.05) is 34.1 Å². The van der Waals surface area contributed by atoms with Crippen molar-refractivity contribution in [3.05, 3.63) is 34.5 Å². The molecule has 1 N–H and O–H groups in total. The summed E-state index contributed by atoms with van der Waals surface area (Å²) in [6, 6.07) is 3.74. The van der Waals surface area contributed by atoms with Gasteiger partial charge in [0.15, 0.2) is 0 Å². The molecule has 0 radical (unpaired) electrons. The third-order valence-electron chi connectivity index (χ3n) is 2.06. The summed E-state index contributed by atoms with van der Waals surface area (Å²) in [5, 5.41) is 10.7. The molecule has 0 saturated carbocycles. The van der Waals surface area contributed by atoms with E-state index in [4.69, 9.17) is 0 Å². The van der Waals surface area contributed by atoms with Gasteiger partial charge >= 0.3 is 5.51 Å². The van der Waals surface area contributed by atoms with Crippen LogP contribution in [0.3, 0.4) is 0 Å². The smallest absolute Gasteiger partial charge is 0.360 e. The first-order valence-corrected chi connectivity index (χ1v) is 5.20. The number of H-pyrrole nitrogens is 1. The zero-order valence-electron chi connectivity index (χ0n) is 8.12. The molecule has 0 saturated heterocycles. The van der Waals surface area contributed by atoms with Crippen LogP contribution in [0.1, 0.15) is 0 Å². The molecule has 1 heterocycles. The van der Waals surface area contributed by atoms with Crippen LogP contribution in [0.5, 0.6) is 0 Å². The Hall–Kier alpha value is -1.70. The Kier molecular flexibility index (Phi) is 2.74. The summed E-state index contributed by atoms with van der Waals surface area (Å²) in [5.41, 5.74) is -4.22. The summed E-state index contributed by atoms with van der Waals surface area (Å²) in [6.45, 7) is 0. The first kappa shape index (κ1) is 11.8. The molecule has 0 unspecified atom stereocenters. The van der Waals surface area contributed by atoms with Crippen molar-refractivity contribution in [1.29, 1.82) is 0 Å². The summed E-state index contributed by atoms with van der Waals surface area (Å²) in [6.07, 6.45) is 1.19. The number of nitrogens with one attached hydrogen (secondary N) is 1. The van der Waals surface area contributed by atoms with E-state index in [1.165, 1.54) is 18.3 Å². The average Bonchev–Trinajstić information content (AvgIpc) is 2.58. The molecule has 1 aromatic carbocycles. The number of aromatic amines is 1. The molecule has 1 aromatic heterocycles. The van der Waals surface area contributed by atoms with Crippen LogP contribution in [0.2, 0.25) is 0 Å². The normalized spacial score (nSPS) is 11.9. The van der Waals surface area contributed by atoms with E-state index >= 15 is 0 Å². The lowest BCUT2D eigenvalue weighted by Crippen LogP contribution is -1.98. The number of thioether (sulfide) groups is 1. The van der Waals surface area contributed by atoms with Crippen LogP contribution >= 0.6 is 11.8 Å². The van der Waals surface area contributed by atoms with Crippen LogP contribution < -0.4 is 0 Å². The van der Waals surface area contributed by atoms with E-state index in [0.717, 1.165) is 6.07 Å². The Bertz CT molecular complexity index is 579. The third kappa shape index (κ3) is 2.52. The number of benzene rings is 1. The van der Waals surface area contributed by atoms with Crippen molar-refractivity contribution in [3.63, 3.8) is 0 Å². The Morgan fingerprint density at radius 1 is 1.35 bits per heavy atom. The molecule has 8 heteroatoms. The van der Waals surface area contributed by atoms with Gasteiger partial charge in [-0.15, -0.1) is 0 Å². The highest BCUT2D eigenvalue weighted by Crippen LogP contribution is 2.40. The number of non-ortho nitro benzene ring substituents is 1. The maximum Gasteiger partial charge on any atom is 0.446 e. The molecule has 0 fully saturated rings. The minimum Gasteiger partial charge on any atom is -0.360 e. The lowest BCUT2D eigenvalue weighted by molar-refractivity contribution is -0.384. The van der Waals surface area contributed by atoms with Gasteiger partial charge in [-0.3, -0.25) is 10.1 Å². The second-order valence-electron chi connectivity index (χ2n) is 3.19. The van der Waals surface area contributed by atoms with Gasteiger partial charge in [0.25, 0.3) is 5.69 Å². The van der Waals surface area contributed by atoms with Gasteiger partial charge in [0.1, 0.15) is 0 Å². The molecule has 2 rings (SSSR count). The van der Waals surface area contributed by atoms with Crippen molar-refractivity contribution in [2.45, 2.75) is 10.4 Å². The van der Waals surface area contributed by atoms with Crippen LogP contribution in [0, 0.1) is 10.1 Å². The first-order chi connectivity index (χ1) is 7.87. The SMILES string of the molecule is O=[N+]([O-])c1ccc2[nH]cc(SC(F)(F)F)c2c1. The molecule has 0 aliphatic heterocycles. The van der Waals surface area contributed by atoms with Gasteiger partial charge in [-0.25, -0.2) is 0 Å². The summed E-state index contributed by atoms with van der Waals surface area (Å²) in [4.78, 5) is 12.4. The maximum absolute atomic E-state index is 12.2. The number of nitro benzene ring substituents is 1. The highest BCUT2D eigenvalue weighted by atomic mass is 32.2. The third-order valence-corrected chi connectivity index (χ3v) is 2.85. The number of halogens is 3. The number of hydrogen-bond donors (Lipinski definition) is 1. The Balaban J connectivity index is 2.50. The quantitative estimate of drug-likeness (QED) is 0.510. The lowest BCUT2D eigenvalue weighted by Gasteiger charge is -2.03. The summed E-state index contributed by atoms with van der Waals surface area (Å²) in [7, 11) is 0. The van der Waals surface area contributed by atoms with E-state index in [0.29, 0.717) is 5.52 Å². The van der Waals surface area contributed by atoms with Crippen LogP contribution in [0.15, 0.2) is 29.3 Å². The van der Waals surface area contributed by atoms with E-state index in [1.54, 1.807) is 0 Å². The van der Waals surface area contributed by atoms with Crippen molar-refractivity contribution < 1.29 is 18.1 Å². The molecule has 0 amide bonds. The molecule has 2 aromatic rings. The van der Waals surface area contributed by atoms with Crippen molar-refractivity contribution in [2.24, 2.45) is 0 Å². The molecular formula is C9H5F3N2O2S. The molecule has 17 heavy (non-hydrogen) atoms. The number of fused-ring (bicyclic) bond motifs is 1. The van der Waals surface area contributed by atoms with Crippen molar-refractivity contribution in [1.82, 2.24) is 4.98 Å². The van der Waals surface area contributed by atoms with E-state index in [9.17, 15) is 23.3 Å². The van der Waals surface area contributed by atoms with Gasteiger partial charge < -0.3 is 4.98 Å². The van der Waals surface area contributed by atoms with E-state index < -0.39 is 10.4 Å². The van der Waals surface area contributed by atoms with Crippen LogP contribution in [0.25, 0.3) is 10.9 Å². The van der Waals surface area contributed by atoms with Crippen LogP contribution in [-0.4, -0.2) is 15.4 Å². The fourth-order valence-electron chi connectivity index (χ4n) is 1.41. The van der Waals surface area contributed by atoms with E-state index in [-0.39, 0.29) is 27.7 Å². The monoisotopic (exact) mass is 262 g/mol. The molecule has 0 spiro atoms. The largest absolute Gasteiger partial charge is 0.446 e. The number of nitrogens with zero attached hydrogens (tertiary/aromatic N) is 1. The predicted octanol–water partition coefficient (Wildman–Crippen LogP) is 3.69. The number of aromatic nitrogens is 1. The molecule has 90 valence electrons. The van der Waals surface area contributed by atoms with Crippen molar-refractivity contribution >= 4 is 28.4 Å². The summed E-state index contributed by atoms with van der Waals surface area (Å²) < 4.78 is 36.7. The Morgan fingerprint density at radius 2 is 2.06 bits per heavy atom. The minimum atomic E-state index is -4.42. The number of nitro groups is 1. The van der Waals surface area contributed by atoms with Gasteiger partial charge in [-0.1, -0.05) is 0 Å². The topological polar surface area (TPSA) is 58.9 Å². The first-order valence-electron chi connectivity index (χ1n) is 4.38. The summed E-state index contributed by atoms with van der Waals surface area (Å²) >= 11 is -0.297. The lowest BCUT2D eigenvalue weighted by atomic mass is 10.2. The fourth-order valence-corrected chi connectivity index (χ4v) is 2.05. The maximum atomic E-state index is 12.2. The highest BCUT2D eigenvalue weighted by molar-refractivity contribution is 8.00. The molecule has 0 atom stereocenters. The number of alkyl halides is 3. The van der Waals surface area contributed by atoms with Gasteiger partial charge in [0.05, 0.1) is 4.92 Å². The Morgan fingerprint density at radius 3 is 2.65 bits per heavy atom. The number of hydrogen-bond acceptors (Lipinski definition) is 3. The molecule has 0 bridgehead atoms. The van der Waals surface area contributed by atoms with Crippen LogP contribution in [-0.2, 0) is 0 Å². The van der Waals surface area contributed by atoms with Gasteiger partial charge in [0.2, 0.25) is 0 Å². The zero-order chi connectivity index (χ0) is 12.6. The highest BCUT2D eigenvalue weighted by Gasteiger charge is 2.30. The molecule has 0 aliphatic rings. The molecule has 0 aliphatic carbocycles. The van der Waals surface area contributed by atoms with E-state index in [2.05, 4.69) is 4.98 Å². The van der Waals surface area contributed by atoms with Crippen molar-refractivity contribution in [3.8, 4) is 0 Å². The molecule has 4 nitrogen and oxygen atoms in total. The fraction of sp³-hybridized carbons (Fsp3) is 0.111. The minimum absolute atomic E-state index is 0.0730. The van der Waals surface area contributed by atoms with Crippen molar-refractivity contribution in [2.75, 3.05) is 0 Å². The summed E-state index contributed by atoms with van der Waals surface area (Å²) in [5.74, 6) is 0. The second kappa shape index (κ2) is 3.95. The van der Waals surface area contributed by atoms with Crippen LogP contribution in [0.4, 0.5) is 18.9 Å².